The third-order valence-corrected chi connectivity index (χ3v) is 5.60. The highest BCUT2D eigenvalue weighted by atomic mass is 32.1. The normalized spacial score (nSPS) is 17.0. The van der Waals surface area contributed by atoms with E-state index >= 15 is 0 Å². The largest absolute Gasteiger partial charge is 0.496 e. The van der Waals surface area contributed by atoms with Crippen LogP contribution in [0.3, 0.4) is 0 Å². The Kier molecular flexibility index (Phi) is 6.36. The van der Waals surface area contributed by atoms with Gasteiger partial charge < -0.3 is 28.4 Å². The maximum absolute atomic E-state index is 6.44. The van der Waals surface area contributed by atoms with E-state index in [4.69, 9.17) is 40.6 Å². The van der Waals surface area contributed by atoms with Crippen molar-refractivity contribution in [3.63, 3.8) is 0 Å². The minimum absolute atomic E-state index is 0.275. The van der Waals surface area contributed by atoms with E-state index < -0.39 is 12.2 Å². The standard InChI is InChI=1S/C23H24N2O6S/c1-26-15-10-18(28-3)16-12-21(31-23(32)25-8-7-24-13-25)22(30-19(16)11-15)14-5-6-17(27-2)20(9-14)29-4/h5-11,13,21-22H,12H2,1-4H3/t21-,22-/m0/s1. The molecule has 0 N–H and O–H groups in total. The number of aromatic nitrogens is 2. The Morgan fingerprint density at radius 3 is 2.44 bits per heavy atom. The van der Waals surface area contributed by atoms with Crippen LogP contribution in [0.2, 0.25) is 0 Å². The van der Waals surface area contributed by atoms with Crippen molar-refractivity contribution in [1.29, 1.82) is 0 Å². The van der Waals surface area contributed by atoms with Crippen molar-refractivity contribution in [2.24, 2.45) is 0 Å². The van der Waals surface area contributed by atoms with Crippen molar-refractivity contribution in [3.8, 4) is 28.7 Å². The van der Waals surface area contributed by atoms with Gasteiger partial charge in [0.2, 0.25) is 0 Å². The Hall–Kier alpha value is -3.46. The van der Waals surface area contributed by atoms with E-state index in [-0.39, 0.29) is 5.17 Å². The van der Waals surface area contributed by atoms with Crippen molar-refractivity contribution in [1.82, 2.24) is 9.55 Å². The van der Waals surface area contributed by atoms with Crippen LogP contribution in [-0.2, 0) is 11.2 Å². The van der Waals surface area contributed by atoms with Crippen molar-refractivity contribution in [3.05, 3.63) is 60.2 Å². The van der Waals surface area contributed by atoms with Gasteiger partial charge in [0, 0.05) is 42.1 Å². The number of imidazole rings is 1. The van der Waals surface area contributed by atoms with Crippen molar-refractivity contribution in [2.45, 2.75) is 18.6 Å². The predicted octanol–water partition coefficient (Wildman–Crippen LogP) is 3.81. The zero-order chi connectivity index (χ0) is 22.7. The highest BCUT2D eigenvalue weighted by Gasteiger charge is 2.36. The molecule has 1 aliphatic heterocycles. The number of nitrogens with zero attached hydrogens (tertiary/aromatic N) is 2. The number of benzene rings is 2. The Balaban J connectivity index is 1.75. The first-order valence-corrected chi connectivity index (χ1v) is 10.3. The molecule has 168 valence electrons. The lowest BCUT2D eigenvalue weighted by Crippen LogP contribution is -2.35. The molecule has 4 rings (SSSR count). The number of rotatable bonds is 6. The fourth-order valence-electron chi connectivity index (χ4n) is 3.70. The average Bonchev–Trinajstić information content (AvgIpc) is 3.37. The van der Waals surface area contributed by atoms with Crippen LogP contribution in [0.4, 0.5) is 0 Å². The lowest BCUT2D eigenvalue weighted by Gasteiger charge is -2.35. The molecule has 0 saturated heterocycles. The molecule has 32 heavy (non-hydrogen) atoms. The first-order valence-electron chi connectivity index (χ1n) is 9.90. The van der Waals surface area contributed by atoms with E-state index in [2.05, 4.69) is 4.98 Å². The van der Waals surface area contributed by atoms with Gasteiger partial charge in [-0.15, -0.1) is 0 Å². The van der Waals surface area contributed by atoms with Gasteiger partial charge in [-0.3, -0.25) is 4.57 Å². The van der Waals surface area contributed by atoms with Crippen molar-refractivity contribution >= 4 is 17.4 Å². The first kappa shape index (κ1) is 21.8. The molecule has 2 heterocycles. The van der Waals surface area contributed by atoms with Crippen LogP contribution < -0.4 is 23.7 Å². The van der Waals surface area contributed by atoms with Gasteiger partial charge in [0.25, 0.3) is 5.17 Å². The first-order chi connectivity index (χ1) is 15.6. The number of fused-ring (bicyclic) bond motifs is 1. The van der Waals surface area contributed by atoms with Crippen molar-refractivity contribution < 1.29 is 28.4 Å². The summed E-state index contributed by atoms with van der Waals surface area (Å²) in [4.78, 5) is 4.04. The van der Waals surface area contributed by atoms with Gasteiger partial charge in [0.15, 0.2) is 17.6 Å². The maximum Gasteiger partial charge on any atom is 0.269 e. The van der Waals surface area contributed by atoms with E-state index in [0.29, 0.717) is 35.2 Å². The molecule has 0 fully saturated rings. The molecule has 0 aliphatic carbocycles. The Morgan fingerprint density at radius 2 is 1.78 bits per heavy atom. The summed E-state index contributed by atoms with van der Waals surface area (Å²) in [6.45, 7) is 0. The van der Waals surface area contributed by atoms with Crippen LogP contribution >= 0.6 is 12.2 Å². The molecule has 8 nitrogen and oxygen atoms in total. The summed E-state index contributed by atoms with van der Waals surface area (Å²) in [5.41, 5.74) is 1.73. The second-order valence-electron chi connectivity index (χ2n) is 7.06. The van der Waals surface area contributed by atoms with E-state index in [9.17, 15) is 0 Å². The van der Waals surface area contributed by atoms with Gasteiger partial charge in [-0.05, 0) is 24.4 Å². The molecule has 1 aromatic heterocycles. The lowest BCUT2D eigenvalue weighted by molar-refractivity contribution is 0.0283. The summed E-state index contributed by atoms with van der Waals surface area (Å²) >= 11 is 5.49. The molecule has 0 radical (unpaired) electrons. The predicted molar refractivity (Wildman–Crippen MR) is 121 cm³/mol. The monoisotopic (exact) mass is 456 g/mol. The van der Waals surface area contributed by atoms with E-state index in [1.54, 1.807) is 51.7 Å². The van der Waals surface area contributed by atoms with Crippen LogP contribution in [0, 0.1) is 0 Å². The minimum Gasteiger partial charge on any atom is -0.496 e. The molecule has 1 aliphatic rings. The molecule has 0 saturated carbocycles. The summed E-state index contributed by atoms with van der Waals surface area (Å²) in [6, 6.07) is 9.30. The lowest BCUT2D eigenvalue weighted by atomic mass is 9.93. The molecule has 0 amide bonds. The molecule has 2 atom stereocenters. The molecule has 3 aromatic rings. The highest BCUT2D eigenvalue weighted by molar-refractivity contribution is 7.80. The highest BCUT2D eigenvalue weighted by Crippen LogP contribution is 2.44. The average molecular weight is 457 g/mol. The zero-order valence-corrected chi connectivity index (χ0v) is 19.0. The SMILES string of the molecule is COc1cc(OC)c2c(c1)O[C@@H](c1ccc(OC)c(OC)c1)[C@@H](OC(=S)n1ccnc1)C2. The van der Waals surface area contributed by atoms with E-state index in [1.165, 1.54) is 0 Å². The third kappa shape index (κ3) is 4.16. The van der Waals surface area contributed by atoms with Gasteiger partial charge in [-0.1, -0.05) is 6.07 Å². The Bertz CT molecular complexity index is 1100. The van der Waals surface area contributed by atoms with Gasteiger partial charge in [-0.2, -0.15) is 0 Å². The number of thiocarbonyl (C=S) groups is 1. The van der Waals surface area contributed by atoms with E-state index in [1.807, 2.05) is 30.3 Å². The maximum atomic E-state index is 6.44. The third-order valence-electron chi connectivity index (χ3n) is 5.30. The summed E-state index contributed by atoms with van der Waals surface area (Å²) in [5.74, 6) is 3.18. The smallest absolute Gasteiger partial charge is 0.269 e. The number of ether oxygens (including phenoxy) is 6. The molecule has 9 heteroatoms. The number of hydrogen-bond donors (Lipinski definition) is 0. The second kappa shape index (κ2) is 9.35. The molecular weight excluding hydrogens is 432 g/mol. The Morgan fingerprint density at radius 1 is 1.00 bits per heavy atom. The summed E-state index contributed by atoms with van der Waals surface area (Å²) < 4.78 is 36.2. The summed E-state index contributed by atoms with van der Waals surface area (Å²) in [5, 5.41) is 0.275. The van der Waals surface area contributed by atoms with Crippen LogP contribution in [0.25, 0.3) is 0 Å². The van der Waals surface area contributed by atoms with Crippen LogP contribution in [-0.4, -0.2) is 49.3 Å². The van der Waals surface area contributed by atoms with Crippen LogP contribution in [0.15, 0.2) is 49.1 Å². The number of hydrogen-bond acceptors (Lipinski definition) is 8. The van der Waals surface area contributed by atoms with Crippen LogP contribution in [0.1, 0.15) is 17.2 Å². The topological polar surface area (TPSA) is 73.2 Å². The fraction of sp³-hybridized carbons (Fsp3) is 0.304. The van der Waals surface area contributed by atoms with E-state index in [0.717, 1.165) is 11.1 Å². The fourth-order valence-corrected chi connectivity index (χ4v) is 3.93. The van der Waals surface area contributed by atoms with Crippen molar-refractivity contribution in [2.75, 3.05) is 28.4 Å². The van der Waals surface area contributed by atoms with Crippen LogP contribution in [0.5, 0.6) is 28.7 Å². The molecular formula is C23H24N2O6S. The molecule has 2 aromatic carbocycles. The van der Waals surface area contributed by atoms with Gasteiger partial charge in [0.05, 0.1) is 28.4 Å². The summed E-state index contributed by atoms with van der Waals surface area (Å²) in [7, 11) is 6.40. The quantitative estimate of drug-likeness (QED) is 0.519. The van der Waals surface area contributed by atoms with Gasteiger partial charge in [-0.25, -0.2) is 4.98 Å². The molecule has 0 bridgehead atoms. The second-order valence-corrected chi connectivity index (χ2v) is 7.40. The number of methoxy groups -OCH3 is 4. The molecule has 0 spiro atoms. The Labute approximate surface area is 191 Å². The van der Waals surface area contributed by atoms with Gasteiger partial charge in [0.1, 0.15) is 29.7 Å². The molecule has 0 unspecified atom stereocenters. The zero-order valence-electron chi connectivity index (χ0n) is 18.2. The summed E-state index contributed by atoms with van der Waals surface area (Å²) in [6.07, 6.45) is 4.58. The minimum atomic E-state index is -0.472. The van der Waals surface area contributed by atoms with Gasteiger partial charge >= 0.3 is 0 Å².